The highest BCUT2D eigenvalue weighted by atomic mass is 16.6. The number of benzene rings is 1. The molecule has 0 aromatic heterocycles. The van der Waals surface area contributed by atoms with E-state index in [-0.39, 0.29) is 6.10 Å². The number of rotatable bonds is 4. The van der Waals surface area contributed by atoms with Crippen molar-refractivity contribution in [2.75, 3.05) is 13.1 Å². The minimum atomic E-state index is -0.672. The fourth-order valence-corrected chi connectivity index (χ4v) is 2.68. The van der Waals surface area contributed by atoms with E-state index in [2.05, 4.69) is 36.1 Å². The van der Waals surface area contributed by atoms with Gasteiger partial charge in [0.2, 0.25) is 0 Å². The highest BCUT2D eigenvalue weighted by Crippen LogP contribution is 2.28. The third-order valence-corrected chi connectivity index (χ3v) is 3.47. The van der Waals surface area contributed by atoms with Crippen LogP contribution in [0.2, 0.25) is 0 Å². The molecule has 1 saturated heterocycles. The number of amides is 1. The van der Waals surface area contributed by atoms with Crippen molar-refractivity contribution < 1.29 is 9.53 Å². The molecule has 2 rings (SSSR count). The molecule has 98 valence electrons. The van der Waals surface area contributed by atoms with Crippen LogP contribution in [0.1, 0.15) is 31.4 Å². The Morgan fingerprint density at radius 2 is 2.22 bits per heavy atom. The minimum absolute atomic E-state index is 0.0553. The summed E-state index contributed by atoms with van der Waals surface area (Å²) < 4.78 is 5.07. The summed E-state index contributed by atoms with van der Waals surface area (Å²) in [6.45, 7) is 3.90. The first kappa shape index (κ1) is 12.9. The van der Waals surface area contributed by atoms with Crippen molar-refractivity contribution >= 4 is 6.09 Å². The van der Waals surface area contributed by atoms with Crippen LogP contribution in [-0.2, 0) is 4.74 Å². The lowest BCUT2D eigenvalue weighted by atomic mass is 10.0. The maximum atomic E-state index is 10.8. The van der Waals surface area contributed by atoms with Crippen molar-refractivity contribution in [3.8, 4) is 0 Å². The lowest BCUT2D eigenvalue weighted by Crippen LogP contribution is -2.29. The summed E-state index contributed by atoms with van der Waals surface area (Å²) in [6, 6.07) is 10.8. The third-order valence-electron chi connectivity index (χ3n) is 3.47. The van der Waals surface area contributed by atoms with E-state index in [1.807, 2.05) is 6.07 Å². The number of carbonyl (C=O) groups is 1. The van der Waals surface area contributed by atoms with E-state index < -0.39 is 6.09 Å². The number of primary amides is 1. The van der Waals surface area contributed by atoms with Gasteiger partial charge in [0.1, 0.15) is 6.10 Å². The molecule has 0 radical (unpaired) electrons. The first-order chi connectivity index (χ1) is 8.70. The molecule has 1 aliphatic heterocycles. The van der Waals surface area contributed by atoms with Crippen LogP contribution >= 0.6 is 0 Å². The maximum absolute atomic E-state index is 10.8. The van der Waals surface area contributed by atoms with Gasteiger partial charge < -0.3 is 10.5 Å². The van der Waals surface area contributed by atoms with Gasteiger partial charge in [0, 0.05) is 19.1 Å². The van der Waals surface area contributed by atoms with Crippen LogP contribution in [0.3, 0.4) is 0 Å². The van der Waals surface area contributed by atoms with Gasteiger partial charge in [-0.15, -0.1) is 0 Å². The van der Waals surface area contributed by atoms with E-state index >= 15 is 0 Å². The number of hydrogen-bond acceptors (Lipinski definition) is 3. The lowest BCUT2D eigenvalue weighted by molar-refractivity contribution is 0.104. The predicted octanol–water partition coefficient (Wildman–Crippen LogP) is 2.31. The summed E-state index contributed by atoms with van der Waals surface area (Å²) in [5, 5.41) is 0. The van der Waals surface area contributed by atoms with Crippen molar-refractivity contribution in [2.45, 2.75) is 31.9 Å². The average Bonchev–Trinajstić information content (AvgIpc) is 2.79. The van der Waals surface area contributed by atoms with Gasteiger partial charge in [-0.3, -0.25) is 4.90 Å². The van der Waals surface area contributed by atoms with E-state index in [0.29, 0.717) is 6.04 Å². The maximum Gasteiger partial charge on any atom is 0.404 e. The molecular formula is C14H20N2O2. The monoisotopic (exact) mass is 248 g/mol. The number of likely N-dealkylation sites (tertiary alicyclic amines) is 1. The molecule has 2 atom stereocenters. The molecule has 1 amide bonds. The van der Waals surface area contributed by atoms with Crippen molar-refractivity contribution in [3.63, 3.8) is 0 Å². The number of hydrogen-bond donors (Lipinski definition) is 1. The van der Waals surface area contributed by atoms with Crippen molar-refractivity contribution in [1.29, 1.82) is 0 Å². The van der Waals surface area contributed by atoms with Crippen molar-refractivity contribution in [1.82, 2.24) is 4.90 Å². The van der Waals surface area contributed by atoms with Gasteiger partial charge in [0.05, 0.1) is 0 Å². The molecule has 18 heavy (non-hydrogen) atoms. The van der Waals surface area contributed by atoms with Crippen LogP contribution in [0.15, 0.2) is 30.3 Å². The normalized spacial score (nSPS) is 21.7. The molecule has 0 spiro atoms. The van der Waals surface area contributed by atoms with Gasteiger partial charge in [0.25, 0.3) is 0 Å². The molecule has 1 unspecified atom stereocenters. The Labute approximate surface area is 108 Å². The molecule has 1 aliphatic rings. The second-order valence-corrected chi connectivity index (χ2v) is 4.68. The third kappa shape index (κ3) is 3.01. The van der Waals surface area contributed by atoms with Crippen molar-refractivity contribution in [2.24, 2.45) is 5.73 Å². The van der Waals surface area contributed by atoms with E-state index in [1.165, 1.54) is 5.56 Å². The summed E-state index contributed by atoms with van der Waals surface area (Å²) in [5.74, 6) is 0. The van der Waals surface area contributed by atoms with Gasteiger partial charge in [0.15, 0.2) is 0 Å². The Morgan fingerprint density at radius 3 is 2.83 bits per heavy atom. The van der Waals surface area contributed by atoms with Crippen LogP contribution < -0.4 is 5.73 Å². The SMILES string of the molecule is CCC(c1ccccc1)N1CC[C@H](OC(N)=O)C1. The molecule has 4 nitrogen and oxygen atoms in total. The Balaban J connectivity index is 2.00. The molecule has 0 saturated carbocycles. The second kappa shape index (κ2) is 5.87. The Bertz CT molecular complexity index is 394. The minimum Gasteiger partial charge on any atom is -0.445 e. The van der Waals surface area contributed by atoms with Gasteiger partial charge in [-0.2, -0.15) is 0 Å². The molecule has 1 aromatic rings. The quantitative estimate of drug-likeness (QED) is 0.889. The first-order valence-electron chi connectivity index (χ1n) is 6.45. The summed E-state index contributed by atoms with van der Waals surface area (Å²) in [5.41, 5.74) is 6.38. The zero-order valence-corrected chi connectivity index (χ0v) is 10.7. The number of nitrogens with zero attached hydrogens (tertiary/aromatic N) is 1. The van der Waals surface area contributed by atoms with Crippen LogP contribution in [-0.4, -0.2) is 30.2 Å². The highest BCUT2D eigenvalue weighted by molar-refractivity contribution is 5.64. The van der Waals surface area contributed by atoms with E-state index in [1.54, 1.807) is 0 Å². The number of ether oxygens (including phenoxy) is 1. The summed E-state index contributed by atoms with van der Waals surface area (Å²) in [7, 11) is 0. The van der Waals surface area contributed by atoms with Gasteiger partial charge in [-0.05, 0) is 18.4 Å². The average molecular weight is 248 g/mol. The fraction of sp³-hybridized carbons (Fsp3) is 0.500. The second-order valence-electron chi connectivity index (χ2n) is 4.68. The van der Waals surface area contributed by atoms with Crippen LogP contribution in [0.4, 0.5) is 4.79 Å². The van der Waals surface area contributed by atoms with Gasteiger partial charge in [-0.1, -0.05) is 37.3 Å². The lowest BCUT2D eigenvalue weighted by Gasteiger charge is -2.27. The van der Waals surface area contributed by atoms with E-state index in [4.69, 9.17) is 10.5 Å². The topological polar surface area (TPSA) is 55.6 Å². The molecule has 1 fully saturated rings. The first-order valence-corrected chi connectivity index (χ1v) is 6.45. The van der Waals surface area contributed by atoms with Crippen LogP contribution in [0.5, 0.6) is 0 Å². The molecular weight excluding hydrogens is 228 g/mol. The highest BCUT2D eigenvalue weighted by Gasteiger charge is 2.29. The zero-order chi connectivity index (χ0) is 13.0. The Morgan fingerprint density at radius 1 is 1.50 bits per heavy atom. The summed E-state index contributed by atoms with van der Waals surface area (Å²) >= 11 is 0. The number of nitrogens with two attached hydrogens (primary N) is 1. The van der Waals surface area contributed by atoms with Gasteiger partial charge >= 0.3 is 6.09 Å². The van der Waals surface area contributed by atoms with Gasteiger partial charge in [-0.25, -0.2) is 4.79 Å². The summed E-state index contributed by atoms with van der Waals surface area (Å²) in [6.07, 6.45) is 1.19. The molecule has 4 heteroatoms. The standard InChI is InChI=1S/C14H20N2O2/c1-2-13(11-6-4-3-5-7-11)16-9-8-12(10-16)18-14(15)17/h3-7,12-13H,2,8-10H2,1H3,(H2,15,17)/t12-,13?/m0/s1. The van der Waals surface area contributed by atoms with Crippen LogP contribution in [0.25, 0.3) is 0 Å². The van der Waals surface area contributed by atoms with E-state index in [0.717, 1.165) is 25.9 Å². The molecule has 0 bridgehead atoms. The Hall–Kier alpha value is -1.55. The predicted molar refractivity (Wildman–Crippen MR) is 70.1 cm³/mol. The Kier molecular flexibility index (Phi) is 4.20. The van der Waals surface area contributed by atoms with Crippen molar-refractivity contribution in [3.05, 3.63) is 35.9 Å². The van der Waals surface area contributed by atoms with Crippen LogP contribution in [0, 0.1) is 0 Å². The fourth-order valence-electron chi connectivity index (χ4n) is 2.68. The molecule has 2 N–H and O–H groups in total. The molecule has 1 aromatic carbocycles. The zero-order valence-electron chi connectivity index (χ0n) is 10.7. The largest absolute Gasteiger partial charge is 0.445 e. The molecule has 0 aliphatic carbocycles. The smallest absolute Gasteiger partial charge is 0.404 e. The van der Waals surface area contributed by atoms with E-state index in [9.17, 15) is 4.79 Å². The number of carbonyl (C=O) groups excluding carboxylic acids is 1. The molecule has 1 heterocycles. The summed E-state index contributed by atoms with van der Waals surface area (Å²) in [4.78, 5) is 13.1.